The molecule has 0 atom stereocenters. The average molecular weight is 462 g/mol. The number of nitrogens with one attached hydrogen (secondary N) is 2. The van der Waals surface area contributed by atoms with Crippen molar-refractivity contribution < 1.29 is 31.5 Å². The number of hydrogen-bond acceptors (Lipinski definition) is 8. The number of thiazole rings is 1. The highest BCUT2D eigenvalue weighted by atomic mass is 32.2. The second-order valence-electron chi connectivity index (χ2n) is 5.14. The van der Waals surface area contributed by atoms with Crippen LogP contribution in [-0.2, 0) is 16.4 Å². The number of halogens is 3. The standard InChI is InChI=1S/C13H14F3N3O4S4/c1-6-5-9(24-8(6)3-4-20)27(22,23)19-11(21)18-12-17-7(2)10(25-12)26-13(14,15)16/h5,20H,3-4H2,1-2H3,(H2,17,18,19,21). The van der Waals surface area contributed by atoms with Gasteiger partial charge in [0.25, 0.3) is 10.0 Å². The molecule has 2 heterocycles. The van der Waals surface area contributed by atoms with Crippen molar-refractivity contribution in [3.8, 4) is 0 Å². The molecule has 27 heavy (non-hydrogen) atoms. The maximum Gasteiger partial charge on any atom is 0.447 e. The Morgan fingerprint density at radius 3 is 2.59 bits per heavy atom. The van der Waals surface area contributed by atoms with Gasteiger partial charge in [-0.1, -0.05) is 11.3 Å². The van der Waals surface area contributed by atoms with Crippen molar-refractivity contribution in [3.63, 3.8) is 0 Å². The van der Waals surface area contributed by atoms with Crippen molar-refractivity contribution in [2.75, 3.05) is 11.9 Å². The number of aliphatic hydroxyl groups is 1. The number of rotatable bonds is 6. The fourth-order valence-electron chi connectivity index (χ4n) is 1.90. The molecule has 7 nitrogen and oxygen atoms in total. The van der Waals surface area contributed by atoms with Gasteiger partial charge >= 0.3 is 11.5 Å². The number of aryl methyl sites for hydroxylation is 2. The van der Waals surface area contributed by atoms with Crippen LogP contribution in [0.25, 0.3) is 0 Å². The van der Waals surface area contributed by atoms with Gasteiger partial charge in [-0.25, -0.2) is 22.9 Å². The van der Waals surface area contributed by atoms with Crippen molar-refractivity contribution in [1.82, 2.24) is 9.71 Å². The summed E-state index contributed by atoms with van der Waals surface area (Å²) in [6.07, 6.45) is 0.288. The van der Waals surface area contributed by atoms with E-state index < -0.39 is 21.6 Å². The number of thiophene rings is 1. The molecule has 0 aromatic carbocycles. The average Bonchev–Trinajstić information content (AvgIpc) is 3.01. The lowest BCUT2D eigenvalue weighted by atomic mass is 10.2. The summed E-state index contributed by atoms with van der Waals surface area (Å²) in [5.41, 5.74) is -3.76. The normalized spacial score (nSPS) is 12.2. The highest BCUT2D eigenvalue weighted by molar-refractivity contribution is 8.02. The van der Waals surface area contributed by atoms with Crippen LogP contribution >= 0.6 is 34.4 Å². The Kier molecular flexibility index (Phi) is 6.78. The van der Waals surface area contributed by atoms with E-state index in [2.05, 4.69) is 10.3 Å². The molecule has 0 fully saturated rings. The van der Waals surface area contributed by atoms with Crippen LogP contribution in [0, 0.1) is 13.8 Å². The summed E-state index contributed by atoms with van der Waals surface area (Å²) in [5, 5.41) is 10.9. The molecular formula is C13H14F3N3O4S4. The molecular weight excluding hydrogens is 447 g/mol. The van der Waals surface area contributed by atoms with E-state index in [1.54, 1.807) is 11.6 Å². The second kappa shape index (κ2) is 8.34. The summed E-state index contributed by atoms with van der Waals surface area (Å²) < 4.78 is 63.4. The highest BCUT2D eigenvalue weighted by Gasteiger charge is 2.32. The van der Waals surface area contributed by atoms with Gasteiger partial charge in [-0.15, -0.1) is 11.3 Å². The van der Waals surface area contributed by atoms with Gasteiger partial charge < -0.3 is 5.11 Å². The number of urea groups is 1. The Morgan fingerprint density at radius 2 is 2.00 bits per heavy atom. The summed E-state index contributed by atoms with van der Waals surface area (Å²) in [6.45, 7) is 2.89. The second-order valence-corrected chi connectivity index (χ2v) is 10.5. The fourth-order valence-corrected chi connectivity index (χ4v) is 6.17. The van der Waals surface area contributed by atoms with Crippen LogP contribution < -0.4 is 10.0 Å². The molecule has 3 N–H and O–H groups in total. The van der Waals surface area contributed by atoms with Crippen LogP contribution in [0.4, 0.5) is 23.1 Å². The third-order valence-electron chi connectivity index (χ3n) is 3.01. The Hall–Kier alpha value is -1.35. The molecule has 0 saturated heterocycles. The quantitative estimate of drug-likeness (QED) is 0.569. The summed E-state index contributed by atoms with van der Waals surface area (Å²) >= 11 is 1.15. The van der Waals surface area contributed by atoms with E-state index in [4.69, 9.17) is 5.11 Å². The molecule has 0 aliphatic carbocycles. The van der Waals surface area contributed by atoms with E-state index >= 15 is 0 Å². The number of aliphatic hydroxyl groups excluding tert-OH is 1. The predicted molar refractivity (Wildman–Crippen MR) is 97.9 cm³/mol. The van der Waals surface area contributed by atoms with Crippen LogP contribution in [0.15, 0.2) is 14.5 Å². The Labute approximate surface area is 165 Å². The monoisotopic (exact) mass is 461 g/mol. The molecule has 0 aliphatic rings. The number of thioether (sulfide) groups is 1. The lowest BCUT2D eigenvalue weighted by Crippen LogP contribution is -2.33. The van der Waals surface area contributed by atoms with Crippen molar-refractivity contribution in [2.24, 2.45) is 0 Å². The van der Waals surface area contributed by atoms with Crippen molar-refractivity contribution in [2.45, 2.75) is 34.2 Å². The molecule has 150 valence electrons. The lowest BCUT2D eigenvalue weighted by molar-refractivity contribution is -0.0327. The summed E-state index contributed by atoms with van der Waals surface area (Å²) in [7, 11) is -4.17. The summed E-state index contributed by atoms with van der Waals surface area (Å²) in [5.74, 6) is 0. The van der Waals surface area contributed by atoms with Gasteiger partial charge in [0.2, 0.25) is 0 Å². The summed E-state index contributed by atoms with van der Waals surface area (Å²) in [4.78, 5) is 16.4. The Morgan fingerprint density at radius 1 is 1.33 bits per heavy atom. The van der Waals surface area contributed by atoms with Crippen LogP contribution in [0.5, 0.6) is 0 Å². The zero-order chi connectivity index (χ0) is 20.4. The topological polar surface area (TPSA) is 108 Å². The molecule has 0 saturated carbocycles. The largest absolute Gasteiger partial charge is 0.447 e. The van der Waals surface area contributed by atoms with Gasteiger partial charge in [0.15, 0.2) is 5.13 Å². The number of anilines is 1. The van der Waals surface area contributed by atoms with Crippen LogP contribution in [-0.4, -0.2) is 36.7 Å². The van der Waals surface area contributed by atoms with Gasteiger partial charge in [0.05, 0.1) is 9.90 Å². The maximum atomic E-state index is 12.4. The molecule has 14 heteroatoms. The number of hydrogen-bond donors (Lipinski definition) is 3. The van der Waals surface area contributed by atoms with Crippen LogP contribution in [0.3, 0.4) is 0 Å². The molecule has 0 unspecified atom stereocenters. The van der Waals surface area contributed by atoms with Crippen molar-refractivity contribution >= 4 is 55.6 Å². The molecule has 2 aromatic rings. The van der Waals surface area contributed by atoms with E-state index in [1.165, 1.54) is 13.0 Å². The number of carbonyl (C=O) groups is 1. The molecule has 0 bridgehead atoms. The van der Waals surface area contributed by atoms with Crippen molar-refractivity contribution in [1.29, 1.82) is 0 Å². The zero-order valence-electron chi connectivity index (χ0n) is 13.9. The smallest absolute Gasteiger partial charge is 0.396 e. The molecule has 0 aliphatic heterocycles. The number of carbonyl (C=O) groups excluding carboxylic acids is 1. The first-order valence-electron chi connectivity index (χ1n) is 7.18. The number of alkyl halides is 3. The molecule has 2 aromatic heterocycles. The fraction of sp³-hybridized carbons (Fsp3) is 0.385. The minimum absolute atomic E-state index is 0.0722. The minimum atomic E-state index is -4.50. The van der Waals surface area contributed by atoms with Gasteiger partial charge in [0, 0.05) is 17.9 Å². The first kappa shape index (κ1) is 21.9. The Bertz CT molecular complexity index is 937. The number of amides is 2. The van der Waals surface area contributed by atoms with Gasteiger partial charge in [0.1, 0.15) is 4.21 Å². The lowest BCUT2D eigenvalue weighted by Gasteiger charge is -2.05. The highest BCUT2D eigenvalue weighted by Crippen LogP contribution is 2.42. The van der Waals surface area contributed by atoms with Crippen LogP contribution in [0.2, 0.25) is 0 Å². The van der Waals surface area contributed by atoms with E-state index in [-0.39, 0.29) is 44.0 Å². The SMILES string of the molecule is Cc1cc(S(=O)(=O)NC(=O)Nc2nc(C)c(SC(F)(F)F)s2)sc1CCO. The molecule has 2 rings (SSSR count). The molecule has 0 radical (unpaired) electrons. The van der Waals surface area contributed by atoms with E-state index in [1.807, 2.05) is 0 Å². The number of nitrogens with zero attached hydrogens (tertiary/aromatic N) is 1. The molecule has 0 spiro atoms. The summed E-state index contributed by atoms with van der Waals surface area (Å²) in [6, 6.07) is 0.235. The number of aromatic nitrogens is 1. The van der Waals surface area contributed by atoms with Crippen LogP contribution in [0.1, 0.15) is 16.1 Å². The van der Waals surface area contributed by atoms with Crippen molar-refractivity contribution in [3.05, 3.63) is 22.2 Å². The molecule has 2 amide bonds. The Balaban J connectivity index is 2.09. The van der Waals surface area contributed by atoms with Gasteiger partial charge in [-0.2, -0.15) is 13.2 Å². The van der Waals surface area contributed by atoms with E-state index in [0.29, 0.717) is 21.8 Å². The predicted octanol–water partition coefficient (Wildman–Crippen LogP) is 3.48. The van der Waals surface area contributed by atoms with E-state index in [0.717, 1.165) is 11.3 Å². The third kappa shape index (κ3) is 6.07. The number of sulfonamides is 1. The zero-order valence-corrected chi connectivity index (χ0v) is 17.1. The van der Waals surface area contributed by atoms with Gasteiger partial charge in [-0.3, -0.25) is 5.32 Å². The maximum absolute atomic E-state index is 12.4. The third-order valence-corrected chi connectivity index (χ3v) is 8.19. The van der Waals surface area contributed by atoms with Gasteiger partial charge in [-0.05, 0) is 37.2 Å². The first-order valence-corrected chi connectivity index (χ1v) is 11.1. The minimum Gasteiger partial charge on any atom is -0.396 e. The van der Waals surface area contributed by atoms with E-state index in [9.17, 15) is 26.4 Å². The first-order chi connectivity index (χ1) is 12.4.